The molecule has 1 saturated heterocycles. The summed E-state index contributed by atoms with van der Waals surface area (Å²) < 4.78 is 5.21. The molecule has 1 aliphatic rings. The minimum Gasteiger partial charge on any atom is -0.465 e. The lowest BCUT2D eigenvalue weighted by molar-refractivity contribution is -0.145. The van der Waals surface area contributed by atoms with Gasteiger partial charge in [0.25, 0.3) is 0 Å². The van der Waals surface area contributed by atoms with Crippen molar-refractivity contribution in [3.63, 3.8) is 0 Å². The Morgan fingerprint density at radius 3 is 2.39 bits per heavy atom. The first-order chi connectivity index (χ1) is 11.3. The fraction of sp³-hybridized carbons (Fsp3) is 0.350. The summed E-state index contributed by atoms with van der Waals surface area (Å²) in [6, 6.07) is 20.8. The van der Waals surface area contributed by atoms with Crippen LogP contribution in [-0.2, 0) is 16.0 Å². The van der Waals surface area contributed by atoms with Gasteiger partial charge in [-0.15, -0.1) is 0 Å². The average Bonchev–Trinajstić information content (AvgIpc) is 3.01. The Morgan fingerprint density at radius 1 is 1.09 bits per heavy atom. The molecule has 3 atom stereocenters. The lowest BCUT2D eigenvalue weighted by Gasteiger charge is -2.20. The number of hydrogen-bond acceptors (Lipinski definition) is 3. The molecule has 1 heterocycles. The average molecular weight is 309 g/mol. The predicted octanol–water partition coefficient (Wildman–Crippen LogP) is 3.51. The van der Waals surface area contributed by atoms with Crippen molar-refractivity contribution >= 4 is 5.97 Å². The van der Waals surface area contributed by atoms with Crippen molar-refractivity contribution in [1.82, 2.24) is 5.32 Å². The number of nitrogens with one attached hydrogen (secondary N) is 1. The van der Waals surface area contributed by atoms with Gasteiger partial charge in [-0.2, -0.15) is 0 Å². The minimum atomic E-state index is -0.214. The molecule has 3 rings (SSSR count). The summed E-state index contributed by atoms with van der Waals surface area (Å²) in [5.41, 5.74) is 2.55. The molecule has 2 aromatic rings. The molecule has 0 aliphatic carbocycles. The Kier molecular flexibility index (Phi) is 5.09. The third-order valence-corrected chi connectivity index (χ3v) is 4.46. The number of hydrogen-bond donors (Lipinski definition) is 1. The van der Waals surface area contributed by atoms with Gasteiger partial charge in [0, 0.05) is 6.04 Å². The van der Waals surface area contributed by atoms with Gasteiger partial charge in [0.05, 0.1) is 6.61 Å². The molecular weight excluding hydrogens is 286 g/mol. The van der Waals surface area contributed by atoms with E-state index < -0.39 is 0 Å². The van der Waals surface area contributed by atoms with Crippen LogP contribution >= 0.6 is 0 Å². The van der Waals surface area contributed by atoms with Crippen LogP contribution in [0.25, 0.3) is 0 Å². The Labute approximate surface area is 137 Å². The summed E-state index contributed by atoms with van der Waals surface area (Å²) in [6.45, 7) is 2.28. The summed E-state index contributed by atoms with van der Waals surface area (Å²) >= 11 is 0. The molecule has 0 aromatic heterocycles. The van der Waals surface area contributed by atoms with Gasteiger partial charge in [0.2, 0.25) is 0 Å². The molecular formula is C20H23NO2. The molecule has 1 N–H and O–H groups in total. The molecule has 0 saturated carbocycles. The van der Waals surface area contributed by atoms with Crippen LogP contribution in [-0.4, -0.2) is 18.6 Å². The van der Waals surface area contributed by atoms with Gasteiger partial charge >= 0.3 is 5.97 Å². The van der Waals surface area contributed by atoms with Crippen molar-refractivity contribution in [3.8, 4) is 0 Å². The maximum Gasteiger partial charge on any atom is 0.323 e. The second-order valence-corrected chi connectivity index (χ2v) is 6.05. The summed E-state index contributed by atoms with van der Waals surface area (Å²) in [5.74, 6) is 0.248. The van der Waals surface area contributed by atoms with Gasteiger partial charge in [-0.25, -0.2) is 0 Å². The monoisotopic (exact) mass is 309 g/mol. The summed E-state index contributed by atoms with van der Waals surface area (Å²) in [4.78, 5) is 12.1. The second-order valence-electron chi connectivity index (χ2n) is 6.05. The van der Waals surface area contributed by atoms with Crippen LogP contribution in [0, 0.1) is 5.92 Å². The number of rotatable bonds is 5. The van der Waals surface area contributed by atoms with Gasteiger partial charge < -0.3 is 4.74 Å². The molecule has 0 amide bonds. The van der Waals surface area contributed by atoms with Crippen LogP contribution in [0.5, 0.6) is 0 Å². The molecule has 0 radical (unpaired) electrons. The van der Waals surface area contributed by atoms with E-state index in [-0.39, 0.29) is 18.1 Å². The fourth-order valence-electron chi connectivity index (χ4n) is 3.41. The van der Waals surface area contributed by atoms with Gasteiger partial charge in [0.1, 0.15) is 6.04 Å². The maximum absolute atomic E-state index is 12.1. The van der Waals surface area contributed by atoms with Crippen LogP contribution < -0.4 is 5.32 Å². The number of esters is 1. The normalized spacial score (nSPS) is 23.6. The Bertz CT molecular complexity index is 627. The highest BCUT2D eigenvalue weighted by atomic mass is 16.5. The molecule has 2 aromatic carbocycles. The zero-order chi connectivity index (χ0) is 16.1. The molecule has 0 spiro atoms. The van der Waals surface area contributed by atoms with Crippen LogP contribution in [0.1, 0.15) is 30.5 Å². The van der Waals surface area contributed by atoms with E-state index in [1.807, 2.05) is 31.2 Å². The van der Waals surface area contributed by atoms with Gasteiger partial charge in [-0.05, 0) is 36.8 Å². The first-order valence-corrected chi connectivity index (χ1v) is 8.29. The van der Waals surface area contributed by atoms with E-state index in [0.29, 0.717) is 12.5 Å². The molecule has 3 heteroatoms. The highest BCUT2D eigenvalue weighted by molar-refractivity contribution is 5.76. The fourth-order valence-corrected chi connectivity index (χ4v) is 3.41. The van der Waals surface area contributed by atoms with Crippen molar-refractivity contribution in [3.05, 3.63) is 71.8 Å². The maximum atomic E-state index is 12.1. The lowest BCUT2D eigenvalue weighted by atomic mass is 9.88. The smallest absolute Gasteiger partial charge is 0.323 e. The minimum absolute atomic E-state index is 0.135. The zero-order valence-electron chi connectivity index (χ0n) is 13.4. The van der Waals surface area contributed by atoms with Gasteiger partial charge in [-0.3, -0.25) is 10.1 Å². The van der Waals surface area contributed by atoms with Crippen LogP contribution in [0.3, 0.4) is 0 Å². The van der Waals surface area contributed by atoms with Crippen molar-refractivity contribution < 1.29 is 9.53 Å². The van der Waals surface area contributed by atoms with E-state index in [1.165, 1.54) is 11.1 Å². The van der Waals surface area contributed by atoms with Gasteiger partial charge in [0.15, 0.2) is 0 Å². The van der Waals surface area contributed by atoms with E-state index in [9.17, 15) is 4.79 Å². The highest BCUT2D eigenvalue weighted by Crippen LogP contribution is 2.35. The predicted molar refractivity (Wildman–Crippen MR) is 91.0 cm³/mol. The van der Waals surface area contributed by atoms with E-state index in [4.69, 9.17) is 4.74 Å². The quantitative estimate of drug-likeness (QED) is 0.859. The summed E-state index contributed by atoms with van der Waals surface area (Å²) in [5, 5.41) is 3.49. The first kappa shape index (κ1) is 15.8. The summed E-state index contributed by atoms with van der Waals surface area (Å²) in [6.07, 6.45) is 1.77. The summed E-state index contributed by atoms with van der Waals surface area (Å²) in [7, 11) is 0. The van der Waals surface area contributed by atoms with E-state index >= 15 is 0 Å². The molecule has 0 bridgehead atoms. The number of carbonyl (C=O) groups excluding carboxylic acids is 1. The SMILES string of the molecule is CCOC(=O)[C@@H]1C[C@@H](Cc2ccccc2)[C@H](c2ccccc2)N1. The topological polar surface area (TPSA) is 38.3 Å². The van der Waals surface area contributed by atoms with Gasteiger partial charge in [-0.1, -0.05) is 60.7 Å². The number of benzene rings is 2. The molecule has 3 nitrogen and oxygen atoms in total. The standard InChI is InChI=1S/C20H23NO2/c1-2-23-20(22)18-14-17(13-15-9-5-3-6-10-15)19(21-18)16-11-7-4-8-12-16/h3-12,17-19,21H,2,13-14H2,1H3/t17-,18+,19+/m1/s1. The third-order valence-electron chi connectivity index (χ3n) is 4.46. The number of carbonyl (C=O) groups is 1. The zero-order valence-corrected chi connectivity index (χ0v) is 13.4. The van der Waals surface area contributed by atoms with Crippen molar-refractivity contribution in [1.29, 1.82) is 0 Å². The second kappa shape index (κ2) is 7.42. The third kappa shape index (κ3) is 3.80. The number of ether oxygens (including phenoxy) is 1. The molecule has 120 valence electrons. The van der Waals surface area contributed by atoms with Crippen LogP contribution in [0.15, 0.2) is 60.7 Å². The van der Waals surface area contributed by atoms with Crippen molar-refractivity contribution in [2.75, 3.05) is 6.61 Å². The Hall–Kier alpha value is -2.13. The van der Waals surface area contributed by atoms with Crippen LogP contribution in [0.2, 0.25) is 0 Å². The van der Waals surface area contributed by atoms with Crippen molar-refractivity contribution in [2.45, 2.75) is 31.8 Å². The molecule has 1 aliphatic heterocycles. The Morgan fingerprint density at radius 2 is 1.74 bits per heavy atom. The molecule has 23 heavy (non-hydrogen) atoms. The Balaban J connectivity index is 1.80. The van der Waals surface area contributed by atoms with E-state index in [1.54, 1.807) is 0 Å². The lowest BCUT2D eigenvalue weighted by Crippen LogP contribution is -2.33. The molecule has 0 unspecified atom stereocenters. The van der Waals surface area contributed by atoms with Crippen LogP contribution in [0.4, 0.5) is 0 Å². The highest BCUT2D eigenvalue weighted by Gasteiger charge is 2.38. The first-order valence-electron chi connectivity index (χ1n) is 8.29. The largest absolute Gasteiger partial charge is 0.465 e. The molecule has 1 fully saturated rings. The van der Waals surface area contributed by atoms with E-state index in [0.717, 1.165) is 12.8 Å². The van der Waals surface area contributed by atoms with Crippen molar-refractivity contribution in [2.24, 2.45) is 5.92 Å². The van der Waals surface area contributed by atoms with E-state index in [2.05, 4.69) is 41.7 Å².